The summed E-state index contributed by atoms with van der Waals surface area (Å²) in [7, 11) is 1.57. The van der Waals surface area contributed by atoms with E-state index in [-0.39, 0.29) is 11.6 Å². The van der Waals surface area contributed by atoms with Crippen molar-refractivity contribution in [3.05, 3.63) is 70.5 Å². The first-order valence-corrected chi connectivity index (χ1v) is 9.01. The molecule has 0 aliphatic carbocycles. The van der Waals surface area contributed by atoms with Gasteiger partial charge in [-0.1, -0.05) is 18.2 Å². The molecular weight excluding hydrogens is 352 g/mol. The lowest BCUT2D eigenvalue weighted by atomic mass is 10.1. The molecule has 0 unspecified atom stereocenters. The highest BCUT2D eigenvalue weighted by molar-refractivity contribution is 6.04. The lowest BCUT2D eigenvalue weighted by molar-refractivity contribution is 0.102. The first-order valence-electron chi connectivity index (χ1n) is 9.01. The van der Waals surface area contributed by atoms with E-state index < -0.39 is 0 Å². The Morgan fingerprint density at radius 3 is 2.29 bits per heavy atom. The van der Waals surface area contributed by atoms with Crippen molar-refractivity contribution in [3.8, 4) is 5.75 Å². The van der Waals surface area contributed by atoms with E-state index in [4.69, 9.17) is 4.74 Å². The maximum Gasteiger partial charge on any atom is 0.274 e. The molecule has 6 heteroatoms. The number of ether oxygens (including phenoxy) is 1. The number of aromatic nitrogens is 2. The minimum Gasteiger partial charge on any atom is -0.495 e. The number of hydrogen-bond acceptors (Lipinski definition) is 5. The number of hydrogen-bond donors (Lipinski definition) is 2. The second-order valence-electron chi connectivity index (χ2n) is 6.82. The number of amides is 1. The summed E-state index contributed by atoms with van der Waals surface area (Å²) in [5.41, 5.74) is 5.72. The summed E-state index contributed by atoms with van der Waals surface area (Å²) >= 11 is 0. The molecule has 144 valence electrons. The summed E-state index contributed by atoms with van der Waals surface area (Å²) in [6.07, 6.45) is 0. The van der Waals surface area contributed by atoms with Crippen molar-refractivity contribution in [2.45, 2.75) is 27.7 Å². The first-order chi connectivity index (χ1) is 13.4. The Hall–Kier alpha value is -3.41. The standard InChI is InChI=1S/C22H24N4O2/c1-13-6-8-15(3)17(10-13)25-22-23-16(4)12-19(26-22)21(27)24-18-11-14(2)7-9-20(18)28-5/h6-12H,1-5H3,(H,24,27)(H,23,25,26). The predicted octanol–water partition coefficient (Wildman–Crippen LogP) is 4.71. The van der Waals surface area contributed by atoms with Gasteiger partial charge in [-0.05, 0) is 68.7 Å². The van der Waals surface area contributed by atoms with Crippen LogP contribution in [0.5, 0.6) is 5.75 Å². The minimum absolute atomic E-state index is 0.281. The number of carbonyl (C=O) groups excluding carboxylic acids is 1. The number of aryl methyl sites for hydroxylation is 4. The Labute approximate surface area is 165 Å². The molecule has 3 aromatic rings. The van der Waals surface area contributed by atoms with Crippen LogP contribution in [0.1, 0.15) is 32.9 Å². The average Bonchev–Trinajstić information content (AvgIpc) is 2.64. The zero-order chi connectivity index (χ0) is 20.3. The molecule has 2 N–H and O–H groups in total. The largest absolute Gasteiger partial charge is 0.495 e. The summed E-state index contributed by atoms with van der Waals surface area (Å²) in [5.74, 6) is 0.659. The second kappa shape index (κ2) is 8.08. The van der Waals surface area contributed by atoms with Crippen molar-refractivity contribution in [1.82, 2.24) is 9.97 Å². The van der Waals surface area contributed by atoms with Crippen LogP contribution in [0.15, 0.2) is 42.5 Å². The van der Waals surface area contributed by atoms with Crippen molar-refractivity contribution >= 4 is 23.2 Å². The van der Waals surface area contributed by atoms with Crippen LogP contribution >= 0.6 is 0 Å². The fourth-order valence-electron chi connectivity index (χ4n) is 2.84. The lowest BCUT2D eigenvalue weighted by Crippen LogP contribution is -2.16. The molecule has 0 aliphatic heterocycles. The van der Waals surface area contributed by atoms with Gasteiger partial charge in [0.05, 0.1) is 12.8 Å². The van der Waals surface area contributed by atoms with Crippen LogP contribution in [0.25, 0.3) is 0 Å². The Balaban J connectivity index is 1.88. The molecule has 1 heterocycles. The molecule has 0 aliphatic rings. The van der Waals surface area contributed by atoms with E-state index in [2.05, 4.69) is 20.6 Å². The molecule has 0 fully saturated rings. The van der Waals surface area contributed by atoms with Gasteiger partial charge in [0.1, 0.15) is 11.4 Å². The summed E-state index contributed by atoms with van der Waals surface area (Å²) in [4.78, 5) is 21.6. The van der Waals surface area contributed by atoms with E-state index in [9.17, 15) is 4.79 Å². The number of nitrogens with zero attached hydrogens (tertiary/aromatic N) is 2. The van der Waals surface area contributed by atoms with Gasteiger partial charge < -0.3 is 15.4 Å². The molecule has 0 saturated carbocycles. The highest BCUT2D eigenvalue weighted by Crippen LogP contribution is 2.26. The molecule has 0 atom stereocenters. The molecule has 2 aromatic carbocycles. The fraction of sp³-hybridized carbons (Fsp3) is 0.227. The fourth-order valence-corrected chi connectivity index (χ4v) is 2.84. The van der Waals surface area contributed by atoms with Crippen LogP contribution in [0.3, 0.4) is 0 Å². The van der Waals surface area contributed by atoms with Crippen molar-refractivity contribution in [2.75, 3.05) is 17.7 Å². The van der Waals surface area contributed by atoms with Gasteiger partial charge in [-0.15, -0.1) is 0 Å². The highest BCUT2D eigenvalue weighted by Gasteiger charge is 2.14. The Bertz CT molecular complexity index is 1030. The zero-order valence-electron chi connectivity index (χ0n) is 16.8. The third kappa shape index (κ3) is 4.46. The van der Waals surface area contributed by atoms with Gasteiger partial charge in [-0.3, -0.25) is 4.79 Å². The van der Waals surface area contributed by atoms with Gasteiger partial charge in [0.15, 0.2) is 0 Å². The van der Waals surface area contributed by atoms with E-state index >= 15 is 0 Å². The van der Waals surface area contributed by atoms with Crippen LogP contribution < -0.4 is 15.4 Å². The quantitative estimate of drug-likeness (QED) is 0.674. The highest BCUT2D eigenvalue weighted by atomic mass is 16.5. The van der Waals surface area contributed by atoms with Crippen molar-refractivity contribution in [3.63, 3.8) is 0 Å². The Kier molecular flexibility index (Phi) is 5.59. The van der Waals surface area contributed by atoms with Crippen molar-refractivity contribution in [2.24, 2.45) is 0 Å². The molecule has 0 saturated heterocycles. The van der Waals surface area contributed by atoms with Crippen LogP contribution in [-0.2, 0) is 0 Å². The molecule has 0 radical (unpaired) electrons. The molecule has 28 heavy (non-hydrogen) atoms. The lowest BCUT2D eigenvalue weighted by Gasteiger charge is -2.13. The van der Waals surface area contributed by atoms with Gasteiger partial charge in [0.25, 0.3) is 5.91 Å². The summed E-state index contributed by atoms with van der Waals surface area (Å²) in [6, 6.07) is 13.4. The molecule has 1 aromatic heterocycles. The van der Waals surface area contributed by atoms with E-state index in [0.717, 1.165) is 22.4 Å². The SMILES string of the molecule is COc1ccc(C)cc1NC(=O)c1cc(C)nc(Nc2cc(C)ccc2C)n1. The average molecular weight is 376 g/mol. The maximum atomic E-state index is 12.8. The molecule has 0 spiro atoms. The molecule has 1 amide bonds. The summed E-state index contributed by atoms with van der Waals surface area (Å²) in [6.45, 7) is 7.82. The number of carbonyl (C=O) groups is 1. The monoisotopic (exact) mass is 376 g/mol. The van der Waals surface area contributed by atoms with Gasteiger partial charge in [-0.2, -0.15) is 0 Å². The van der Waals surface area contributed by atoms with Crippen LogP contribution in [-0.4, -0.2) is 23.0 Å². The Morgan fingerprint density at radius 2 is 1.57 bits per heavy atom. The van der Waals surface area contributed by atoms with Gasteiger partial charge in [0.2, 0.25) is 5.95 Å². The summed E-state index contributed by atoms with van der Waals surface area (Å²) in [5, 5.41) is 6.09. The number of benzene rings is 2. The summed E-state index contributed by atoms with van der Waals surface area (Å²) < 4.78 is 5.33. The number of anilines is 3. The third-order valence-electron chi connectivity index (χ3n) is 4.33. The van der Waals surface area contributed by atoms with E-state index in [1.54, 1.807) is 13.2 Å². The van der Waals surface area contributed by atoms with Crippen LogP contribution in [0.4, 0.5) is 17.3 Å². The minimum atomic E-state index is -0.321. The smallest absolute Gasteiger partial charge is 0.274 e. The maximum absolute atomic E-state index is 12.8. The van der Waals surface area contributed by atoms with Gasteiger partial charge in [0, 0.05) is 11.4 Å². The zero-order valence-corrected chi connectivity index (χ0v) is 16.8. The normalized spacial score (nSPS) is 10.5. The molecule has 3 rings (SSSR count). The van der Waals surface area contributed by atoms with Crippen molar-refractivity contribution < 1.29 is 9.53 Å². The molecular formula is C22H24N4O2. The number of methoxy groups -OCH3 is 1. The Morgan fingerprint density at radius 1 is 0.893 bits per heavy atom. The molecule has 0 bridgehead atoms. The van der Waals surface area contributed by atoms with E-state index in [1.807, 2.05) is 64.1 Å². The predicted molar refractivity (Wildman–Crippen MR) is 112 cm³/mol. The second-order valence-corrected chi connectivity index (χ2v) is 6.82. The van der Waals surface area contributed by atoms with E-state index in [1.165, 1.54) is 0 Å². The van der Waals surface area contributed by atoms with E-state index in [0.29, 0.717) is 23.1 Å². The van der Waals surface area contributed by atoms with Crippen molar-refractivity contribution in [1.29, 1.82) is 0 Å². The van der Waals surface area contributed by atoms with Gasteiger partial charge >= 0.3 is 0 Å². The molecule has 6 nitrogen and oxygen atoms in total. The van der Waals surface area contributed by atoms with Crippen LogP contribution in [0, 0.1) is 27.7 Å². The number of rotatable bonds is 5. The first kappa shape index (κ1) is 19.4. The van der Waals surface area contributed by atoms with Crippen LogP contribution in [0.2, 0.25) is 0 Å². The topological polar surface area (TPSA) is 76.1 Å². The van der Waals surface area contributed by atoms with Gasteiger partial charge in [-0.25, -0.2) is 9.97 Å². The third-order valence-corrected chi connectivity index (χ3v) is 4.33. The number of nitrogens with one attached hydrogen (secondary N) is 2.